The number of nitrogens with zero attached hydrogens (tertiary/aromatic N) is 3. The van der Waals surface area contributed by atoms with Gasteiger partial charge in [0, 0.05) is 35.5 Å². The minimum absolute atomic E-state index is 0.0407. The molecule has 3 rings (SSSR count). The number of hydrogen-bond donors (Lipinski definition) is 0. The van der Waals surface area contributed by atoms with Crippen molar-refractivity contribution in [1.82, 2.24) is 14.4 Å². The summed E-state index contributed by atoms with van der Waals surface area (Å²) in [5.74, 6) is -0.118. The van der Waals surface area contributed by atoms with Crippen molar-refractivity contribution in [1.29, 1.82) is 0 Å². The van der Waals surface area contributed by atoms with Crippen LogP contribution in [0.15, 0.2) is 42.6 Å². The van der Waals surface area contributed by atoms with Crippen LogP contribution in [0, 0.1) is 0 Å². The van der Waals surface area contributed by atoms with E-state index < -0.39 is 11.6 Å². The van der Waals surface area contributed by atoms with Crippen molar-refractivity contribution in [3.63, 3.8) is 0 Å². The first-order chi connectivity index (χ1) is 13.2. The maximum Gasteiger partial charge on any atom is 0.410 e. The summed E-state index contributed by atoms with van der Waals surface area (Å²) < 4.78 is 7.05. The van der Waals surface area contributed by atoms with E-state index in [4.69, 9.17) is 16.3 Å². The van der Waals surface area contributed by atoms with E-state index in [0.717, 1.165) is 11.3 Å². The van der Waals surface area contributed by atoms with Gasteiger partial charge in [-0.25, -0.2) is 4.79 Å². The van der Waals surface area contributed by atoms with Crippen LogP contribution in [-0.4, -0.2) is 52.1 Å². The molecule has 0 saturated carbocycles. The van der Waals surface area contributed by atoms with Crippen LogP contribution < -0.4 is 0 Å². The van der Waals surface area contributed by atoms with Gasteiger partial charge in [0.15, 0.2) is 0 Å². The van der Waals surface area contributed by atoms with Gasteiger partial charge in [0.05, 0.1) is 13.2 Å². The minimum atomic E-state index is -0.533. The number of methoxy groups -OCH3 is 1. The zero-order chi connectivity index (χ0) is 20.5. The fourth-order valence-electron chi connectivity index (χ4n) is 3.56. The second kappa shape index (κ2) is 7.87. The van der Waals surface area contributed by atoms with Crippen molar-refractivity contribution in [2.24, 2.45) is 0 Å². The molecule has 2 amide bonds. The van der Waals surface area contributed by atoms with Crippen LogP contribution in [0.1, 0.15) is 38.1 Å². The van der Waals surface area contributed by atoms with Crippen molar-refractivity contribution >= 4 is 23.6 Å². The zero-order valence-corrected chi connectivity index (χ0v) is 17.4. The van der Waals surface area contributed by atoms with Crippen LogP contribution >= 0.6 is 11.6 Å². The Hall–Kier alpha value is -2.47. The van der Waals surface area contributed by atoms with Crippen molar-refractivity contribution in [3.05, 3.63) is 58.9 Å². The van der Waals surface area contributed by atoms with Gasteiger partial charge >= 0.3 is 6.09 Å². The third kappa shape index (κ3) is 4.02. The van der Waals surface area contributed by atoms with Gasteiger partial charge in [-0.3, -0.25) is 9.69 Å². The van der Waals surface area contributed by atoms with Gasteiger partial charge in [-0.2, -0.15) is 0 Å². The molecule has 1 aliphatic heterocycles. The van der Waals surface area contributed by atoms with Crippen LogP contribution in [0.25, 0.3) is 0 Å². The molecular formula is C21H26ClN3O3. The quantitative estimate of drug-likeness (QED) is 0.779. The summed E-state index contributed by atoms with van der Waals surface area (Å²) in [5.41, 5.74) is 1.49. The predicted molar refractivity (Wildman–Crippen MR) is 108 cm³/mol. The third-order valence-electron chi connectivity index (χ3n) is 5.04. The van der Waals surface area contributed by atoms with Crippen molar-refractivity contribution < 1.29 is 14.3 Å². The predicted octanol–water partition coefficient (Wildman–Crippen LogP) is 3.94. The Morgan fingerprint density at radius 2 is 1.86 bits per heavy atom. The number of ether oxygens (including phenoxy) is 1. The summed E-state index contributed by atoms with van der Waals surface area (Å²) in [6.45, 7) is 6.89. The number of amides is 2. The molecule has 0 saturated heterocycles. The van der Waals surface area contributed by atoms with Crippen LogP contribution in [-0.2, 0) is 16.1 Å². The molecular weight excluding hydrogens is 378 g/mol. The van der Waals surface area contributed by atoms with Crippen LogP contribution in [0.2, 0.25) is 5.02 Å². The highest BCUT2D eigenvalue weighted by Crippen LogP contribution is 2.33. The highest BCUT2D eigenvalue weighted by Gasteiger charge is 2.36. The highest BCUT2D eigenvalue weighted by atomic mass is 35.5. The Morgan fingerprint density at radius 3 is 2.46 bits per heavy atom. The van der Waals surface area contributed by atoms with E-state index >= 15 is 0 Å². The first kappa shape index (κ1) is 20.3. The van der Waals surface area contributed by atoms with Crippen molar-refractivity contribution in [2.45, 2.75) is 38.9 Å². The van der Waals surface area contributed by atoms with Gasteiger partial charge in [-0.05, 0) is 50.6 Å². The van der Waals surface area contributed by atoms with Gasteiger partial charge in [0.25, 0.3) is 0 Å². The summed E-state index contributed by atoms with van der Waals surface area (Å²) in [6, 6.07) is 11.3. The fraction of sp³-hybridized carbons (Fsp3) is 0.429. The number of fused-ring (bicyclic) bond motifs is 1. The Morgan fingerprint density at radius 1 is 1.18 bits per heavy atom. The molecule has 1 aromatic carbocycles. The molecule has 1 aliphatic rings. The summed E-state index contributed by atoms with van der Waals surface area (Å²) in [6.07, 6.45) is 1.51. The number of carbonyl (C=O) groups is 2. The van der Waals surface area contributed by atoms with E-state index in [0.29, 0.717) is 18.1 Å². The molecule has 1 atom stereocenters. The van der Waals surface area contributed by atoms with E-state index in [1.807, 2.05) is 68.3 Å². The van der Waals surface area contributed by atoms with Gasteiger partial charge in [0.2, 0.25) is 5.91 Å². The summed E-state index contributed by atoms with van der Waals surface area (Å²) in [4.78, 5) is 28.8. The van der Waals surface area contributed by atoms with Crippen LogP contribution in [0.5, 0.6) is 0 Å². The van der Waals surface area contributed by atoms with Gasteiger partial charge < -0.3 is 14.2 Å². The standard InChI is InChI=1S/C21H26ClN3O3/c1-21(2,3)25(20(27)28-4)14-18(26)24-13-12-23-11-5-6-17(23)19(24)15-7-9-16(22)10-8-15/h5-11,19H,12-14H2,1-4H3. The fourth-order valence-corrected chi connectivity index (χ4v) is 3.69. The Kier molecular flexibility index (Phi) is 5.70. The molecule has 6 nitrogen and oxygen atoms in total. The van der Waals surface area contributed by atoms with Gasteiger partial charge in [0.1, 0.15) is 6.54 Å². The largest absolute Gasteiger partial charge is 0.453 e. The lowest BCUT2D eigenvalue weighted by molar-refractivity contribution is -0.135. The van der Waals surface area contributed by atoms with E-state index in [-0.39, 0.29) is 18.5 Å². The maximum atomic E-state index is 13.3. The number of aromatic nitrogens is 1. The lowest BCUT2D eigenvalue weighted by atomic mass is 9.99. The van der Waals surface area contributed by atoms with E-state index in [1.54, 1.807) is 0 Å². The molecule has 1 aromatic heterocycles. The Labute approximate surface area is 170 Å². The summed E-state index contributed by atoms with van der Waals surface area (Å²) in [5, 5.41) is 0.650. The number of benzene rings is 1. The van der Waals surface area contributed by atoms with E-state index in [1.165, 1.54) is 12.0 Å². The van der Waals surface area contributed by atoms with E-state index in [9.17, 15) is 9.59 Å². The smallest absolute Gasteiger partial charge is 0.410 e. The Balaban J connectivity index is 1.93. The van der Waals surface area contributed by atoms with Crippen LogP contribution in [0.4, 0.5) is 4.79 Å². The zero-order valence-electron chi connectivity index (χ0n) is 16.7. The molecule has 0 bridgehead atoms. The minimum Gasteiger partial charge on any atom is -0.453 e. The highest BCUT2D eigenvalue weighted by molar-refractivity contribution is 6.30. The molecule has 2 aromatic rings. The number of rotatable bonds is 3. The third-order valence-corrected chi connectivity index (χ3v) is 5.29. The first-order valence-corrected chi connectivity index (χ1v) is 9.65. The van der Waals surface area contributed by atoms with Gasteiger partial charge in [-0.15, -0.1) is 0 Å². The normalized spacial score (nSPS) is 16.5. The molecule has 28 heavy (non-hydrogen) atoms. The molecule has 2 heterocycles. The number of halogens is 1. The van der Waals surface area contributed by atoms with Crippen molar-refractivity contribution in [3.8, 4) is 0 Å². The molecule has 0 spiro atoms. The average Bonchev–Trinajstić information content (AvgIpc) is 3.13. The molecule has 0 radical (unpaired) electrons. The second-order valence-electron chi connectivity index (χ2n) is 7.89. The lowest BCUT2D eigenvalue weighted by Gasteiger charge is -2.40. The number of hydrogen-bond acceptors (Lipinski definition) is 3. The topological polar surface area (TPSA) is 54.8 Å². The monoisotopic (exact) mass is 403 g/mol. The van der Waals surface area contributed by atoms with E-state index in [2.05, 4.69) is 4.57 Å². The molecule has 1 unspecified atom stereocenters. The number of carbonyl (C=O) groups excluding carboxylic acids is 2. The lowest BCUT2D eigenvalue weighted by Crippen LogP contribution is -2.53. The SMILES string of the molecule is COC(=O)N(CC(=O)N1CCn2cccc2C1c1ccc(Cl)cc1)C(C)(C)C. The molecule has 7 heteroatoms. The summed E-state index contributed by atoms with van der Waals surface area (Å²) in [7, 11) is 1.33. The van der Waals surface area contributed by atoms with Crippen LogP contribution in [0.3, 0.4) is 0 Å². The summed E-state index contributed by atoms with van der Waals surface area (Å²) >= 11 is 6.05. The molecule has 0 fully saturated rings. The van der Waals surface area contributed by atoms with Gasteiger partial charge in [-0.1, -0.05) is 23.7 Å². The maximum absolute atomic E-state index is 13.3. The Bertz CT molecular complexity index is 855. The second-order valence-corrected chi connectivity index (χ2v) is 8.33. The molecule has 0 aliphatic carbocycles. The molecule has 0 N–H and O–H groups in total. The average molecular weight is 404 g/mol. The first-order valence-electron chi connectivity index (χ1n) is 9.28. The van der Waals surface area contributed by atoms with Crippen molar-refractivity contribution in [2.75, 3.05) is 20.2 Å². The molecule has 150 valence electrons.